The van der Waals surface area contributed by atoms with Gasteiger partial charge in [0.2, 0.25) is 5.91 Å². The second-order valence-electron chi connectivity index (χ2n) is 4.22. The normalized spacial score (nSPS) is 17.6. The molecule has 1 fully saturated rings. The fraction of sp³-hybridized carbons (Fsp3) is 0.750. The number of hydrogen-bond donors (Lipinski definition) is 2. The van der Waals surface area contributed by atoms with Crippen LogP contribution in [0, 0.1) is 12.3 Å². The highest BCUT2D eigenvalue weighted by Gasteiger charge is 2.17. The van der Waals surface area contributed by atoms with Gasteiger partial charge < -0.3 is 11.1 Å². The van der Waals surface area contributed by atoms with Crippen LogP contribution in [0.3, 0.4) is 0 Å². The van der Waals surface area contributed by atoms with Crippen molar-refractivity contribution in [3.05, 3.63) is 0 Å². The van der Waals surface area contributed by atoms with E-state index in [0.717, 1.165) is 31.7 Å². The Hall–Kier alpha value is -0.700. The first-order chi connectivity index (χ1) is 8.22. The maximum Gasteiger partial charge on any atom is 0.234 e. The Labute approximate surface area is 108 Å². The van der Waals surface area contributed by atoms with E-state index in [9.17, 15) is 4.79 Å². The highest BCUT2D eigenvalue weighted by molar-refractivity contribution is 7.99. The largest absolute Gasteiger partial charge is 0.354 e. The number of terminal acetylenes is 1. The van der Waals surface area contributed by atoms with Crippen LogP contribution in [-0.2, 0) is 4.79 Å². The Morgan fingerprint density at radius 1 is 1.53 bits per heavy atom. The number of thioether (sulfide) groups is 1. The number of hydrogen-bond acceptors (Lipinski definition) is 4. The van der Waals surface area contributed by atoms with Crippen LogP contribution in [-0.4, -0.2) is 54.5 Å². The standard InChI is InChI=1S/C12H21N3OS/c1-2-8-17-9-5-14-12(16)10-15-6-3-11(13)4-7-15/h1,11H,3-10,13H2,(H,14,16). The molecule has 0 aromatic heterocycles. The Kier molecular flexibility index (Phi) is 7.10. The molecular formula is C12H21N3OS. The minimum absolute atomic E-state index is 0.0989. The number of carbonyl (C=O) groups excluding carboxylic acids is 1. The first-order valence-corrected chi connectivity index (χ1v) is 7.13. The third-order valence-electron chi connectivity index (χ3n) is 2.75. The summed E-state index contributed by atoms with van der Waals surface area (Å²) in [4.78, 5) is 13.8. The average molecular weight is 255 g/mol. The van der Waals surface area contributed by atoms with Crippen LogP contribution >= 0.6 is 11.8 Å². The maximum atomic E-state index is 11.6. The Morgan fingerprint density at radius 2 is 2.24 bits per heavy atom. The summed E-state index contributed by atoms with van der Waals surface area (Å²) in [5.74, 6) is 4.24. The van der Waals surface area contributed by atoms with E-state index in [1.165, 1.54) is 0 Å². The van der Waals surface area contributed by atoms with E-state index in [1.807, 2.05) is 0 Å². The molecule has 1 aliphatic heterocycles. The molecule has 4 nitrogen and oxygen atoms in total. The number of amides is 1. The van der Waals surface area contributed by atoms with Gasteiger partial charge in [-0.15, -0.1) is 18.2 Å². The molecule has 0 aromatic rings. The van der Waals surface area contributed by atoms with Gasteiger partial charge in [0.25, 0.3) is 0 Å². The molecule has 0 radical (unpaired) electrons. The van der Waals surface area contributed by atoms with Crippen molar-refractivity contribution in [3.63, 3.8) is 0 Å². The van der Waals surface area contributed by atoms with Crippen molar-refractivity contribution in [1.82, 2.24) is 10.2 Å². The van der Waals surface area contributed by atoms with E-state index in [1.54, 1.807) is 11.8 Å². The second-order valence-corrected chi connectivity index (χ2v) is 5.33. The zero-order valence-corrected chi connectivity index (χ0v) is 11.0. The monoisotopic (exact) mass is 255 g/mol. The molecule has 96 valence electrons. The minimum atomic E-state index is 0.0989. The molecule has 0 spiro atoms. The number of likely N-dealkylation sites (tertiary alicyclic amines) is 1. The number of nitrogens with two attached hydrogens (primary N) is 1. The molecule has 1 saturated heterocycles. The summed E-state index contributed by atoms with van der Waals surface area (Å²) < 4.78 is 0. The first kappa shape index (κ1) is 14.4. The van der Waals surface area contributed by atoms with Crippen molar-refractivity contribution in [2.75, 3.05) is 37.7 Å². The van der Waals surface area contributed by atoms with Crippen molar-refractivity contribution in [2.45, 2.75) is 18.9 Å². The SMILES string of the molecule is C#CCSCCNC(=O)CN1CCC(N)CC1. The fourth-order valence-corrected chi connectivity index (χ4v) is 2.27. The molecule has 1 heterocycles. The van der Waals surface area contributed by atoms with Crippen LogP contribution in [0.2, 0.25) is 0 Å². The highest BCUT2D eigenvalue weighted by Crippen LogP contribution is 2.07. The molecule has 3 N–H and O–H groups in total. The maximum absolute atomic E-state index is 11.6. The van der Waals surface area contributed by atoms with Crippen LogP contribution < -0.4 is 11.1 Å². The highest BCUT2D eigenvalue weighted by atomic mass is 32.2. The Balaban J connectivity index is 2.03. The molecule has 1 amide bonds. The van der Waals surface area contributed by atoms with Crippen LogP contribution in [0.15, 0.2) is 0 Å². The number of nitrogens with zero attached hydrogens (tertiary/aromatic N) is 1. The molecule has 0 atom stereocenters. The van der Waals surface area contributed by atoms with Crippen LogP contribution in [0.1, 0.15) is 12.8 Å². The van der Waals surface area contributed by atoms with Gasteiger partial charge in [-0.05, 0) is 12.8 Å². The van der Waals surface area contributed by atoms with E-state index >= 15 is 0 Å². The van der Waals surface area contributed by atoms with E-state index in [0.29, 0.717) is 24.9 Å². The predicted molar refractivity (Wildman–Crippen MR) is 72.8 cm³/mol. The Bertz CT molecular complexity index is 269. The summed E-state index contributed by atoms with van der Waals surface area (Å²) in [6.45, 7) is 3.05. The third-order valence-corrected chi connectivity index (χ3v) is 3.62. The minimum Gasteiger partial charge on any atom is -0.354 e. The van der Waals surface area contributed by atoms with E-state index in [-0.39, 0.29) is 5.91 Å². The van der Waals surface area contributed by atoms with Gasteiger partial charge in [-0.2, -0.15) is 0 Å². The van der Waals surface area contributed by atoms with Gasteiger partial charge in [-0.1, -0.05) is 5.92 Å². The van der Waals surface area contributed by atoms with Crippen molar-refractivity contribution >= 4 is 17.7 Å². The third kappa shape index (κ3) is 6.57. The second kappa shape index (κ2) is 8.40. The summed E-state index contributed by atoms with van der Waals surface area (Å²) in [6.07, 6.45) is 7.11. The van der Waals surface area contributed by atoms with Crippen molar-refractivity contribution in [1.29, 1.82) is 0 Å². The zero-order valence-electron chi connectivity index (χ0n) is 10.2. The van der Waals surface area contributed by atoms with Crippen LogP contribution in [0.5, 0.6) is 0 Å². The lowest BCUT2D eigenvalue weighted by atomic mass is 10.1. The zero-order chi connectivity index (χ0) is 12.5. The quantitative estimate of drug-likeness (QED) is 0.514. The van der Waals surface area contributed by atoms with Crippen LogP contribution in [0.25, 0.3) is 0 Å². The van der Waals surface area contributed by atoms with Crippen molar-refractivity contribution < 1.29 is 4.79 Å². The van der Waals surface area contributed by atoms with Gasteiger partial charge in [-0.3, -0.25) is 9.69 Å². The number of piperidine rings is 1. The molecule has 0 saturated carbocycles. The van der Waals surface area contributed by atoms with E-state index < -0.39 is 0 Å². The molecule has 1 aliphatic rings. The van der Waals surface area contributed by atoms with Crippen molar-refractivity contribution in [2.24, 2.45) is 5.73 Å². The summed E-state index contributed by atoms with van der Waals surface area (Å²) in [5.41, 5.74) is 5.81. The van der Waals surface area contributed by atoms with Gasteiger partial charge >= 0.3 is 0 Å². The fourth-order valence-electron chi connectivity index (χ4n) is 1.76. The summed E-state index contributed by atoms with van der Waals surface area (Å²) in [6, 6.07) is 0.314. The van der Waals surface area contributed by atoms with E-state index in [4.69, 9.17) is 12.2 Å². The van der Waals surface area contributed by atoms with Gasteiger partial charge in [0, 0.05) is 31.4 Å². The number of nitrogens with one attached hydrogen (secondary N) is 1. The molecule has 1 rings (SSSR count). The topological polar surface area (TPSA) is 58.4 Å². The van der Waals surface area contributed by atoms with E-state index in [2.05, 4.69) is 16.1 Å². The van der Waals surface area contributed by atoms with Gasteiger partial charge in [0.15, 0.2) is 0 Å². The summed E-state index contributed by atoms with van der Waals surface area (Å²) >= 11 is 1.66. The lowest BCUT2D eigenvalue weighted by Crippen LogP contribution is -2.44. The van der Waals surface area contributed by atoms with Gasteiger partial charge in [0.1, 0.15) is 0 Å². The average Bonchev–Trinajstić information content (AvgIpc) is 2.32. The number of carbonyl (C=O) groups is 1. The molecular weight excluding hydrogens is 234 g/mol. The number of rotatable bonds is 6. The van der Waals surface area contributed by atoms with Gasteiger partial charge in [-0.25, -0.2) is 0 Å². The lowest BCUT2D eigenvalue weighted by molar-refractivity contribution is -0.122. The molecule has 0 aliphatic carbocycles. The summed E-state index contributed by atoms with van der Waals surface area (Å²) in [5, 5.41) is 2.90. The van der Waals surface area contributed by atoms with Crippen molar-refractivity contribution in [3.8, 4) is 12.3 Å². The predicted octanol–water partition coefficient (Wildman–Crippen LogP) is -0.108. The molecule has 17 heavy (non-hydrogen) atoms. The van der Waals surface area contributed by atoms with Crippen LogP contribution in [0.4, 0.5) is 0 Å². The molecule has 0 bridgehead atoms. The Morgan fingerprint density at radius 3 is 2.88 bits per heavy atom. The lowest BCUT2D eigenvalue weighted by Gasteiger charge is -2.29. The summed E-state index contributed by atoms with van der Waals surface area (Å²) in [7, 11) is 0. The molecule has 0 unspecified atom stereocenters. The smallest absolute Gasteiger partial charge is 0.234 e. The molecule has 5 heteroatoms. The van der Waals surface area contributed by atoms with Gasteiger partial charge in [0.05, 0.1) is 12.3 Å². The molecule has 0 aromatic carbocycles. The first-order valence-electron chi connectivity index (χ1n) is 5.98.